The Morgan fingerprint density at radius 3 is 2.38 bits per heavy atom. The Morgan fingerprint density at radius 2 is 1.90 bits per heavy atom. The SMILES string of the molecule is CC(N[S@](=O)C(C)(C)C)c1ccc(F)c(C(F)(F)CO)c1. The van der Waals surface area contributed by atoms with E-state index in [4.69, 9.17) is 5.11 Å². The summed E-state index contributed by atoms with van der Waals surface area (Å²) in [6.07, 6.45) is 0. The number of hydrogen-bond acceptors (Lipinski definition) is 2. The van der Waals surface area contributed by atoms with Crippen LogP contribution >= 0.6 is 0 Å². The summed E-state index contributed by atoms with van der Waals surface area (Å²) in [5, 5.41) is 8.67. The molecule has 0 radical (unpaired) electrons. The van der Waals surface area contributed by atoms with E-state index in [9.17, 15) is 17.4 Å². The number of hydrogen-bond donors (Lipinski definition) is 2. The smallest absolute Gasteiger partial charge is 0.298 e. The third kappa shape index (κ3) is 4.52. The van der Waals surface area contributed by atoms with E-state index in [-0.39, 0.29) is 0 Å². The van der Waals surface area contributed by atoms with Crippen molar-refractivity contribution in [3.05, 3.63) is 35.1 Å². The van der Waals surface area contributed by atoms with Gasteiger partial charge < -0.3 is 5.11 Å². The molecule has 3 nitrogen and oxygen atoms in total. The molecule has 1 rings (SSSR count). The van der Waals surface area contributed by atoms with E-state index in [0.29, 0.717) is 5.56 Å². The van der Waals surface area contributed by atoms with Gasteiger partial charge in [-0.25, -0.2) is 13.3 Å². The number of benzene rings is 1. The fourth-order valence-electron chi connectivity index (χ4n) is 1.58. The van der Waals surface area contributed by atoms with Crippen LogP contribution in [-0.4, -0.2) is 20.7 Å². The molecular formula is C14H20F3NO2S. The van der Waals surface area contributed by atoms with Gasteiger partial charge in [-0.1, -0.05) is 6.07 Å². The third-order valence-electron chi connectivity index (χ3n) is 2.92. The van der Waals surface area contributed by atoms with Gasteiger partial charge in [0.25, 0.3) is 5.92 Å². The highest BCUT2D eigenvalue weighted by Gasteiger charge is 2.34. The molecule has 7 heteroatoms. The van der Waals surface area contributed by atoms with Gasteiger partial charge in [0, 0.05) is 6.04 Å². The normalized spacial score (nSPS) is 15.8. The predicted octanol–water partition coefficient (Wildman–Crippen LogP) is 3.02. The van der Waals surface area contributed by atoms with Crippen LogP contribution in [0.25, 0.3) is 0 Å². The van der Waals surface area contributed by atoms with Gasteiger partial charge in [0.1, 0.15) is 12.4 Å². The Bertz CT molecular complexity index is 529. The molecular weight excluding hydrogens is 303 g/mol. The molecule has 2 atom stereocenters. The molecule has 0 aliphatic heterocycles. The summed E-state index contributed by atoms with van der Waals surface area (Å²) in [5.41, 5.74) is -0.491. The summed E-state index contributed by atoms with van der Waals surface area (Å²) in [6.45, 7) is 5.51. The van der Waals surface area contributed by atoms with Crippen LogP contribution in [0.15, 0.2) is 18.2 Å². The lowest BCUT2D eigenvalue weighted by Gasteiger charge is -2.23. The zero-order valence-electron chi connectivity index (χ0n) is 12.4. The van der Waals surface area contributed by atoms with Gasteiger partial charge >= 0.3 is 0 Å². The first kappa shape index (κ1) is 18.1. The maximum Gasteiger partial charge on any atom is 0.298 e. The fraction of sp³-hybridized carbons (Fsp3) is 0.571. The number of aliphatic hydroxyl groups excluding tert-OH is 1. The molecule has 21 heavy (non-hydrogen) atoms. The van der Waals surface area contributed by atoms with Crippen molar-refractivity contribution in [2.24, 2.45) is 0 Å². The second kappa shape index (κ2) is 6.46. The minimum atomic E-state index is -3.65. The van der Waals surface area contributed by atoms with Crippen LogP contribution < -0.4 is 4.72 Å². The average molecular weight is 323 g/mol. The zero-order chi connectivity index (χ0) is 16.4. The van der Waals surface area contributed by atoms with Gasteiger partial charge in [-0.05, 0) is 45.4 Å². The lowest BCUT2D eigenvalue weighted by atomic mass is 10.0. The Hall–Kier alpha value is -0.920. The minimum Gasteiger partial charge on any atom is -0.390 e. The molecule has 0 aromatic heterocycles. The van der Waals surface area contributed by atoms with E-state index in [1.54, 1.807) is 27.7 Å². The number of aliphatic hydroxyl groups is 1. The van der Waals surface area contributed by atoms with Crippen molar-refractivity contribution < 1.29 is 22.5 Å². The third-order valence-corrected chi connectivity index (χ3v) is 4.60. The maximum atomic E-state index is 13.5. The molecule has 0 aliphatic rings. The molecule has 0 bridgehead atoms. The fourth-order valence-corrected chi connectivity index (χ4v) is 2.39. The second-order valence-electron chi connectivity index (χ2n) is 5.82. The molecule has 0 saturated carbocycles. The van der Waals surface area contributed by atoms with Gasteiger partial charge in [0.2, 0.25) is 0 Å². The Labute approximate surface area is 125 Å². The molecule has 0 heterocycles. The largest absolute Gasteiger partial charge is 0.390 e. The van der Waals surface area contributed by atoms with Crippen LogP contribution in [0.5, 0.6) is 0 Å². The van der Waals surface area contributed by atoms with Gasteiger partial charge in [-0.3, -0.25) is 0 Å². The summed E-state index contributed by atoms with van der Waals surface area (Å²) in [6, 6.07) is 2.76. The van der Waals surface area contributed by atoms with Gasteiger partial charge in [-0.15, -0.1) is 0 Å². The van der Waals surface area contributed by atoms with E-state index in [1.807, 2.05) is 0 Å². The summed E-state index contributed by atoms with van der Waals surface area (Å²) in [5.74, 6) is -4.73. The van der Waals surface area contributed by atoms with Gasteiger partial charge in [-0.2, -0.15) is 8.78 Å². The van der Waals surface area contributed by atoms with Crippen molar-refractivity contribution >= 4 is 11.0 Å². The number of rotatable bonds is 5. The van der Waals surface area contributed by atoms with Crippen LogP contribution in [0, 0.1) is 5.82 Å². The predicted molar refractivity (Wildman–Crippen MR) is 76.8 cm³/mol. The molecule has 120 valence electrons. The first-order valence-electron chi connectivity index (χ1n) is 6.45. The van der Waals surface area contributed by atoms with Gasteiger partial charge in [0.15, 0.2) is 0 Å². The summed E-state index contributed by atoms with van der Waals surface area (Å²) >= 11 is 0. The summed E-state index contributed by atoms with van der Waals surface area (Å²) < 4.78 is 54.7. The number of halogens is 3. The van der Waals surface area contributed by atoms with Crippen molar-refractivity contribution in [1.29, 1.82) is 0 Å². The Balaban J connectivity index is 3.05. The molecule has 1 aromatic carbocycles. The van der Waals surface area contributed by atoms with E-state index < -0.39 is 45.7 Å². The molecule has 0 saturated heterocycles. The van der Waals surface area contributed by atoms with Crippen LogP contribution in [0.4, 0.5) is 13.2 Å². The van der Waals surface area contributed by atoms with Crippen LogP contribution in [-0.2, 0) is 16.9 Å². The zero-order valence-corrected chi connectivity index (χ0v) is 13.2. The van der Waals surface area contributed by atoms with Crippen LogP contribution in [0.3, 0.4) is 0 Å². The standard InChI is InChI=1S/C14H20F3NO2S/c1-9(18-21(20)13(2,3)4)10-5-6-12(15)11(7-10)14(16,17)8-19/h5-7,9,18-19H,8H2,1-4H3/t9?,21-/m1/s1. The number of alkyl halides is 2. The topological polar surface area (TPSA) is 49.3 Å². The first-order valence-corrected chi connectivity index (χ1v) is 7.60. The van der Waals surface area contributed by atoms with E-state index in [0.717, 1.165) is 12.1 Å². The van der Waals surface area contributed by atoms with Crippen molar-refractivity contribution in [3.63, 3.8) is 0 Å². The quantitative estimate of drug-likeness (QED) is 0.875. The maximum absolute atomic E-state index is 13.5. The van der Waals surface area contributed by atoms with Crippen molar-refractivity contribution in [3.8, 4) is 0 Å². The molecule has 2 N–H and O–H groups in total. The van der Waals surface area contributed by atoms with E-state index in [2.05, 4.69) is 4.72 Å². The molecule has 0 fully saturated rings. The Morgan fingerprint density at radius 1 is 1.33 bits per heavy atom. The second-order valence-corrected chi connectivity index (χ2v) is 7.82. The first-order chi connectivity index (χ1) is 9.49. The lowest BCUT2D eigenvalue weighted by molar-refractivity contribution is -0.0583. The van der Waals surface area contributed by atoms with E-state index >= 15 is 0 Å². The highest BCUT2D eigenvalue weighted by Crippen LogP contribution is 2.31. The van der Waals surface area contributed by atoms with E-state index in [1.165, 1.54) is 6.07 Å². The highest BCUT2D eigenvalue weighted by molar-refractivity contribution is 7.84. The highest BCUT2D eigenvalue weighted by atomic mass is 32.2. The monoisotopic (exact) mass is 323 g/mol. The van der Waals surface area contributed by atoms with Crippen LogP contribution in [0.2, 0.25) is 0 Å². The summed E-state index contributed by atoms with van der Waals surface area (Å²) in [4.78, 5) is 0. The minimum absolute atomic E-state index is 0.372. The van der Waals surface area contributed by atoms with Crippen LogP contribution in [0.1, 0.15) is 44.9 Å². The number of nitrogens with one attached hydrogen (secondary N) is 1. The van der Waals surface area contributed by atoms with Crippen molar-refractivity contribution in [2.75, 3.05) is 6.61 Å². The molecule has 0 aliphatic carbocycles. The Kier molecular flexibility index (Phi) is 5.57. The van der Waals surface area contributed by atoms with Crippen molar-refractivity contribution in [2.45, 2.75) is 44.4 Å². The lowest BCUT2D eigenvalue weighted by Crippen LogP contribution is -2.35. The molecule has 1 aromatic rings. The van der Waals surface area contributed by atoms with Crippen molar-refractivity contribution in [1.82, 2.24) is 4.72 Å². The average Bonchev–Trinajstić information content (AvgIpc) is 2.37. The summed E-state index contributed by atoms with van der Waals surface area (Å²) in [7, 11) is -1.38. The molecule has 0 spiro atoms. The molecule has 1 unspecified atom stereocenters. The van der Waals surface area contributed by atoms with Gasteiger partial charge in [0.05, 0.1) is 21.3 Å². The molecule has 0 amide bonds.